The van der Waals surface area contributed by atoms with Crippen LogP contribution in [0.5, 0.6) is 5.75 Å². The van der Waals surface area contributed by atoms with Crippen LogP contribution in [0.1, 0.15) is 22.6 Å². The van der Waals surface area contributed by atoms with E-state index < -0.39 is 46.4 Å². The van der Waals surface area contributed by atoms with Gasteiger partial charge >= 0.3 is 5.97 Å². The van der Waals surface area contributed by atoms with E-state index in [4.69, 9.17) is 4.74 Å². The summed E-state index contributed by atoms with van der Waals surface area (Å²) in [5.74, 6) is -4.32. The van der Waals surface area contributed by atoms with Crippen molar-refractivity contribution < 1.29 is 24.0 Å². The largest absolute Gasteiger partial charge is 0.425 e. The zero-order valence-electron chi connectivity index (χ0n) is 21.3. The van der Waals surface area contributed by atoms with Gasteiger partial charge in [-0.3, -0.25) is 24.5 Å². The Morgan fingerprint density at radius 2 is 1.57 bits per heavy atom. The fraction of sp³-hybridized carbons (Fsp3) is 0.156. The van der Waals surface area contributed by atoms with Gasteiger partial charge in [0, 0.05) is 29.0 Å². The van der Waals surface area contributed by atoms with E-state index in [1.807, 2.05) is 72.8 Å². The Morgan fingerprint density at radius 3 is 2.33 bits per heavy atom. The second kappa shape index (κ2) is 8.71. The molecule has 1 aliphatic carbocycles. The fourth-order valence-electron chi connectivity index (χ4n) is 6.53. The summed E-state index contributed by atoms with van der Waals surface area (Å²) in [5, 5.41) is 13.0. The molecule has 0 radical (unpaired) electrons. The van der Waals surface area contributed by atoms with E-state index in [-0.39, 0.29) is 11.4 Å². The van der Waals surface area contributed by atoms with Crippen LogP contribution in [0.3, 0.4) is 0 Å². The van der Waals surface area contributed by atoms with Crippen molar-refractivity contribution in [2.24, 2.45) is 17.8 Å². The van der Waals surface area contributed by atoms with E-state index in [1.54, 1.807) is 6.92 Å². The number of hydrogen-bond donors (Lipinski definition) is 0. The molecule has 8 heteroatoms. The number of carbonyl (C=O) groups excluding carboxylic acids is 3. The smallest absolute Gasteiger partial charge is 0.319 e. The summed E-state index contributed by atoms with van der Waals surface area (Å²) >= 11 is 0. The van der Waals surface area contributed by atoms with Crippen molar-refractivity contribution in [1.82, 2.24) is 0 Å². The Hall–Kier alpha value is -5.11. The van der Waals surface area contributed by atoms with Gasteiger partial charge in [0.15, 0.2) is 0 Å². The lowest BCUT2D eigenvalue weighted by Crippen LogP contribution is -2.42. The van der Waals surface area contributed by atoms with Crippen LogP contribution in [-0.4, -0.2) is 22.7 Å². The maximum Gasteiger partial charge on any atom is 0.319 e. The second-order valence-corrected chi connectivity index (χ2v) is 10.4. The molecule has 0 N–H and O–H groups in total. The van der Waals surface area contributed by atoms with E-state index >= 15 is 0 Å². The quantitative estimate of drug-likeness (QED) is 0.113. The average molecular weight is 531 g/mol. The van der Waals surface area contributed by atoms with Crippen LogP contribution in [0.15, 0.2) is 91.0 Å². The summed E-state index contributed by atoms with van der Waals surface area (Å²) in [7, 11) is 0. The Morgan fingerprint density at radius 1 is 0.850 bits per heavy atom. The lowest BCUT2D eigenvalue weighted by atomic mass is 9.64. The van der Waals surface area contributed by atoms with E-state index in [0.29, 0.717) is 16.9 Å². The number of ether oxygens (including phenoxy) is 1. The molecule has 4 aromatic rings. The van der Waals surface area contributed by atoms with Gasteiger partial charge in [-0.1, -0.05) is 72.8 Å². The van der Waals surface area contributed by atoms with Gasteiger partial charge in [0.1, 0.15) is 5.75 Å². The minimum absolute atomic E-state index is 0.136. The molecule has 196 valence electrons. The molecule has 0 aromatic heterocycles. The van der Waals surface area contributed by atoms with Crippen molar-refractivity contribution in [1.29, 1.82) is 0 Å². The van der Waals surface area contributed by atoms with Crippen LogP contribution < -0.4 is 9.64 Å². The van der Waals surface area contributed by atoms with Gasteiger partial charge < -0.3 is 4.74 Å². The molecule has 7 rings (SSSR count). The topological polar surface area (TPSA) is 107 Å². The zero-order valence-corrected chi connectivity index (χ0v) is 21.3. The van der Waals surface area contributed by atoms with Crippen molar-refractivity contribution in [3.8, 4) is 5.75 Å². The van der Waals surface area contributed by atoms with Gasteiger partial charge in [-0.05, 0) is 35.1 Å². The first-order valence-corrected chi connectivity index (χ1v) is 13.0. The number of nitrogens with zero attached hydrogens (tertiary/aromatic N) is 2. The number of carbonyl (C=O) groups is 3. The molecule has 0 saturated carbocycles. The maximum absolute atomic E-state index is 14.2. The number of anilines is 1. The summed E-state index contributed by atoms with van der Waals surface area (Å²) < 4.78 is 5.92. The summed E-state index contributed by atoms with van der Waals surface area (Å²) in [6.07, 6.45) is 1.95. The number of rotatable bonds is 3. The van der Waals surface area contributed by atoms with Crippen LogP contribution >= 0.6 is 0 Å². The number of fused-ring (bicyclic) bond motifs is 7. The highest BCUT2D eigenvalue weighted by atomic mass is 16.6. The third-order valence-corrected chi connectivity index (χ3v) is 8.30. The van der Waals surface area contributed by atoms with Crippen molar-refractivity contribution >= 4 is 45.5 Å². The molecule has 2 amide bonds. The standard InChI is InChI=1S/C32H22N2O6/c1-17-15-20(34(38)39)12-14-25(17)33-30(35)26-23(18-7-3-2-4-8-18)16-24-22-13-11-19-9-5-6-10-21(19)29(22)40-32(37)27(24)28(26)31(33)36/h2-16,23,26-28H,1H3/t23-,26+,27-,28+/m1/s1. The SMILES string of the molecule is Cc1cc([N+](=O)[O-])ccc1N1C(=O)[C@@H]2[C@@H]3C(=O)Oc4c(ccc5ccccc45)C3=C[C@H](c3ccccc3)[C@@H]2C1=O. The third-order valence-electron chi connectivity index (χ3n) is 8.30. The highest BCUT2D eigenvalue weighted by molar-refractivity contribution is 6.25. The van der Waals surface area contributed by atoms with Crippen LogP contribution in [0.4, 0.5) is 11.4 Å². The summed E-state index contributed by atoms with van der Waals surface area (Å²) in [6.45, 7) is 1.62. The van der Waals surface area contributed by atoms with Crippen LogP contribution in [0, 0.1) is 34.8 Å². The lowest BCUT2D eigenvalue weighted by Gasteiger charge is -2.38. The summed E-state index contributed by atoms with van der Waals surface area (Å²) in [4.78, 5) is 53.8. The predicted octanol–water partition coefficient (Wildman–Crippen LogP) is 5.58. The summed E-state index contributed by atoms with van der Waals surface area (Å²) in [6, 6.07) is 25.0. The Balaban J connectivity index is 1.42. The maximum atomic E-state index is 14.2. The van der Waals surface area contributed by atoms with Gasteiger partial charge in [0.2, 0.25) is 11.8 Å². The van der Waals surface area contributed by atoms with E-state index in [9.17, 15) is 24.5 Å². The molecule has 40 heavy (non-hydrogen) atoms. The molecule has 0 spiro atoms. The van der Waals surface area contributed by atoms with Crippen LogP contribution in [-0.2, 0) is 14.4 Å². The molecule has 1 fully saturated rings. The summed E-state index contributed by atoms with van der Waals surface area (Å²) in [5.41, 5.74) is 2.82. The van der Waals surface area contributed by atoms with Gasteiger partial charge in [-0.2, -0.15) is 0 Å². The number of allylic oxidation sites excluding steroid dienone is 1. The van der Waals surface area contributed by atoms with Gasteiger partial charge in [0.25, 0.3) is 5.69 Å². The number of esters is 1. The minimum Gasteiger partial charge on any atom is -0.425 e. The number of aryl methyl sites for hydroxylation is 1. The van der Waals surface area contributed by atoms with Gasteiger partial charge in [0.05, 0.1) is 28.4 Å². The molecule has 2 heterocycles. The molecule has 2 aliphatic heterocycles. The number of non-ortho nitro benzene ring substituents is 1. The van der Waals surface area contributed by atoms with E-state index in [1.165, 1.54) is 18.2 Å². The first-order valence-electron chi connectivity index (χ1n) is 13.0. The third kappa shape index (κ3) is 3.35. The van der Waals surface area contributed by atoms with Crippen molar-refractivity contribution in [2.75, 3.05) is 4.90 Å². The monoisotopic (exact) mass is 530 g/mol. The molecule has 0 bridgehead atoms. The van der Waals surface area contributed by atoms with E-state index in [2.05, 4.69) is 0 Å². The second-order valence-electron chi connectivity index (χ2n) is 10.4. The number of amides is 2. The highest BCUT2D eigenvalue weighted by Crippen LogP contribution is 2.55. The molecule has 3 aliphatic rings. The number of nitro benzene ring substituents is 1. The molecule has 1 saturated heterocycles. The molecule has 8 nitrogen and oxygen atoms in total. The van der Waals surface area contributed by atoms with E-state index in [0.717, 1.165) is 26.8 Å². The zero-order chi connectivity index (χ0) is 27.7. The molecule has 0 unspecified atom stereocenters. The molecule has 4 atom stereocenters. The Bertz CT molecular complexity index is 1810. The number of nitro groups is 1. The number of benzene rings is 4. The highest BCUT2D eigenvalue weighted by Gasteiger charge is 2.60. The van der Waals surface area contributed by atoms with Crippen molar-refractivity contribution in [3.05, 3.63) is 118 Å². The minimum atomic E-state index is -0.987. The first-order chi connectivity index (χ1) is 19.3. The Kier molecular flexibility index (Phi) is 5.22. The first kappa shape index (κ1) is 24.0. The fourth-order valence-corrected chi connectivity index (χ4v) is 6.53. The molecule has 4 aromatic carbocycles. The van der Waals surface area contributed by atoms with Gasteiger partial charge in [-0.15, -0.1) is 0 Å². The van der Waals surface area contributed by atoms with Crippen LogP contribution in [0.2, 0.25) is 0 Å². The predicted molar refractivity (Wildman–Crippen MR) is 148 cm³/mol. The average Bonchev–Trinajstić information content (AvgIpc) is 3.22. The molecular weight excluding hydrogens is 508 g/mol. The normalized spacial score (nSPS) is 23.3. The lowest BCUT2D eigenvalue weighted by molar-refractivity contribution is -0.384. The van der Waals surface area contributed by atoms with Crippen LogP contribution in [0.25, 0.3) is 16.3 Å². The Labute approximate surface area is 228 Å². The number of imide groups is 1. The van der Waals surface area contributed by atoms with Crippen molar-refractivity contribution in [3.63, 3.8) is 0 Å². The van der Waals surface area contributed by atoms with Crippen molar-refractivity contribution in [2.45, 2.75) is 12.8 Å². The molecular formula is C32H22N2O6. The number of hydrogen-bond acceptors (Lipinski definition) is 6. The van der Waals surface area contributed by atoms with Gasteiger partial charge in [-0.25, -0.2) is 4.90 Å².